The lowest BCUT2D eigenvalue weighted by Crippen LogP contribution is -2.68. The molecule has 0 bridgehead atoms. The number of nitrogens with zero attached hydrogens (tertiary/aromatic N) is 3. The number of alkyl halides is 3. The first kappa shape index (κ1) is 21.7. The Balaban J connectivity index is 1.02. The number of aromatic nitrogens is 2. The number of likely N-dealkylation sites (tertiary alicyclic amines) is 2. The van der Waals surface area contributed by atoms with Crippen LogP contribution in [-0.4, -0.2) is 76.6 Å². The van der Waals surface area contributed by atoms with Gasteiger partial charge in [-0.3, -0.25) is 4.79 Å². The van der Waals surface area contributed by atoms with Crippen LogP contribution in [-0.2, 0) is 22.1 Å². The smallest absolute Gasteiger partial charge is 0.366 e. The summed E-state index contributed by atoms with van der Waals surface area (Å²) in [6.45, 7) is 2.60. The van der Waals surface area contributed by atoms with Gasteiger partial charge in [-0.2, -0.15) is 13.2 Å². The van der Waals surface area contributed by atoms with Gasteiger partial charge in [0.2, 0.25) is 5.91 Å². The van der Waals surface area contributed by atoms with Gasteiger partial charge in [-0.25, -0.2) is 9.78 Å². The maximum Gasteiger partial charge on any atom is 0.418 e. The molecule has 1 spiro atoms. The van der Waals surface area contributed by atoms with E-state index in [4.69, 9.17) is 4.74 Å². The summed E-state index contributed by atoms with van der Waals surface area (Å²) in [6, 6.07) is 1.46. The molecule has 1 aliphatic carbocycles. The maximum absolute atomic E-state index is 13.2. The number of carbonyl (C=O) groups is 2. The molecule has 8 nitrogen and oxygen atoms in total. The molecule has 3 amide bonds. The third kappa shape index (κ3) is 3.70. The van der Waals surface area contributed by atoms with Crippen LogP contribution in [0, 0.1) is 11.3 Å². The van der Waals surface area contributed by atoms with Crippen LogP contribution in [0.15, 0.2) is 18.5 Å². The first-order valence-electron chi connectivity index (χ1n) is 11.7. The number of nitrogens with one attached hydrogen (secondary N) is 2. The van der Waals surface area contributed by atoms with Crippen LogP contribution in [0.4, 0.5) is 18.0 Å². The molecule has 3 aliphatic heterocycles. The Morgan fingerprint density at radius 2 is 2.06 bits per heavy atom. The van der Waals surface area contributed by atoms with Gasteiger partial charge in [-0.15, -0.1) is 0 Å². The predicted molar refractivity (Wildman–Crippen MR) is 115 cm³/mol. The van der Waals surface area contributed by atoms with Gasteiger partial charge in [0, 0.05) is 49.4 Å². The van der Waals surface area contributed by atoms with Crippen LogP contribution in [0.5, 0.6) is 0 Å². The third-order valence-corrected chi connectivity index (χ3v) is 7.78. The number of rotatable bonds is 2. The Bertz CT molecular complexity index is 1130. The van der Waals surface area contributed by atoms with Gasteiger partial charge in [0.05, 0.1) is 17.7 Å². The fourth-order valence-electron chi connectivity index (χ4n) is 6.27. The number of pyridine rings is 1. The van der Waals surface area contributed by atoms with Gasteiger partial charge in [0.15, 0.2) is 0 Å². The number of hydrogen-bond acceptors (Lipinski definition) is 4. The van der Waals surface area contributed by atoms with Crippen molar-refractivity contribution in [3.8, 4) is 0 Å². The number of H-pyrrole nitrogens is 1. The molecular formula is C23H26F3N5O3. The van der Waals surface area contributed by atoms with Crippen LogP contribution < -0.4 is 5.32 Å². The van der Waals surface area contributed by atoms with Crippen molar-refractivity contribution >= 4 is 23.0 Å². The second-order valence-electron chi connectivity index (χ2n) is 10.3. The number of halogens is 3. The van der Waals surface area contributed by atoms with E-state index in [-0.39, 0.29) is 47.1 Å². The van der Waals surface area contributed by atoms with E-state index in [0.29, 0.717) is 44.9 Å². The molecule has 11 heteroatoms. The minimum absolute atomic E-state index is 0.00846. The van der Waals surface area contributed by atoms with E-state index in [1.807, 2.05) is 4.90 Å². The number of aromatic amines is 1. The summed E-state index contributed by atoms with van der Waals surface area (Å²) in [5.41, 5.74) is 0.504. The number of morpholine rings is 1. The third-order valence-electron chi connectivity index (χ3n) is 7.78. The molecule has 2 N–H and O–H groups in total. The highest BCUT2D eigenvalue weighted by Crippen LogP contribution is 2.53. The maximum atomic E-state index is 13.2. The fourth-order valence-corrected chi connectivity index (χ4v) is 6.27. The number of hydrogen-bond donors (Lipinski definition) is 2. The summed E-state index contributed by atoms with van der Waals surface area (Å²) >= 11 is 0. The molecule has 182 valence electrons. The zero-order valence-corrected chi connectivity index (χ0v) is 18.5. The van der Waals surface area contributed by atoms with Gasteiger partial charge >= 0.3 is 12.2 Å². The summed E-state index contributed by atoms with van der Waals surface area (Å²) in [7, 11) is 0. The van der Waals surface area contributed by atoms with E-state index in [1.54, 1.807) is 17.2 Å². The number of urea groups is 1. The van der Waals surface area contributed by atoms with Crippen molar-refractivity contribution < 1.29 is 27.5 Å². The lowest BCUT2D eigenvalue weighted by atomic mass is 9.56. The molecule has 6 rings (SSSR count). The lowest BCUT2D eigenvalue weighted by molar-refractivity contribution is -0.140. The van der Waals surface area contributed by atoms with Gasteiger partial charge in [0.25, 0.3) is 0 Å². The average molecular weight is 477 g/mol. The minimum atomic E-state index is -4.41. The molecule has 0 aromatic carbocycles. The summed E-state index contributed by atoms with van der Waals surface area (Å²) in [4.78, 5) is 35.0. The Morgan fingerprint density at radius 3 is 2.82 bits per heavy atom. The molecular weight excluding hydrogens is 451 g/mol. The van der Waals surface area contributed by atoms with Gasteiger partial charge < -0.3 is 24.8 Å². The van der Waals surface area contributed by atoms with Gasteiger partial charge in [0.1, 0.15) is 12.3 Å². The fraction of sp³-hybridized carbons (Fsp3) is 0.609. The highest BCUT2D eigenvalue weighted by Gasteiger charge is 2.54. The standard InChI is InChI=1S/C23H26F3N5O3/c24-23(25,26)16-8-28-20-15(16)4-13(7-27-20)3-14-5-22(6-14)11-31(12-22)21(33)30-2-1-18-17(9-30)29-19(32)10-34-18/h4,7-8,14,17-18H,1-3,5-6,9-12H2,(H,27,28)(H,29,32)/t17-,18+/m1/s1. The number of piperidine rings is 1. The van der Waals surface area contributed by atoms with E-state index in [9.17, 15) is 22.8 Å². The number of ether oxygens (including phenoxy) is 1. The zero-order chi connectivity index (χ0) is 23.7. The Kier molecular flexibility index (Phi) is 4.84. The van der Waals surface area contributed by atoms with E-state index in [2.05, 4.69) is 15.3 Å². The van der Waals surface area contributed by atoms with E-state index in [0.717, 1.165) is 24.6 Å². The van der Waals surface area contributed by atoms with Crippen molar-refractivity contribution in [2.45, 2.75) is 44.0 Å². The molecule has 2 aromatic rings. The predicted octanol–water partition coefficient (Wildman–Crippen LogP) is 2.55. The molecule has 0 radical (unpaired) electrons. The average Bonchev–Trinajstić information content (AvgIpc) is 3.17. The van der Waals surface area contributed by atoms with Crippen molar-refractivity contribution in [1.82, 2.24) is 25.1 Å². The van der Waals surface area contributed by atoms with Crippen molar-refractivity contribution in [3.05, 3.63) is 29.6 Å². The van der Waals surface area contributed by atoms with Crippen LogP contribution in [0.2, 0.25) is 0 Å². The van der Waals surface area contributed by atoms with E-state index in [1.165, 1.54) is 0 Å². The molecule has 2 aromatic heterocycles. The molecule has 34 heavy (non-hydrogen) atoms. The van der Waals surface area contributed by atoms with Crippen molar-refractivity contribution in [1.29, 1.82) is 0 Å². The molecule has 2 atom stereocenters. The first-order valence-corrected chi connectivity index (χ1v) is 11.7. The number of fused-ring (bicyclic) bond motifs is 2. The second-order valence-corrected chi connectivity index (χ2v) is 10.3. The zero-order valence-electron chi connectivity index (χ0n) is 18.5. The monoisotopic (exact) mass is 477 g/mol. The lowest BCUT2D eigenvalue weighted by Gasteiger charge is -2.60. The Hall–Kier alpha value is -2.82. The minimum Gasteiger partial charge on any atom is -0.366 e. The van der Waals surface area contributed by atoms with E-state index >= 15 is 0 Å². The van der Waals surface area contributed by atoms with Crippen LogP contribution in [0.1, 0.15) is 30.4 Å². The first-order chi connectivity index (χ1) is 16.2. The Morgan fingerprint density at radius 1 is 1.26 bits per heavy atom. The summed E-state index contributed by atoms with van der Waals surface area (Å²) in [5, 5.41) is 3.03. The normalized spacial score (nSPS) is 26.7. The second kappa shape index (κ2) is 7.59. The van der Waals surface area contributed by atoms with Crippen molar-refractivity contribution in [2.24, 2.45) is 11.3 Å². The van der Waals surface area contributed by atoms with Crippen molar-refractivity contribution in [3.63, 3.8) is 0 Å². The van der Waals surface area contributed by atoms with Crippen LogP contribution in [0.25, 0.3) is 11.0 Å². The van der Waals surface area contributed by atoms with Gasteiger partial charge in [-0.1, -0.05) is 0 Å². The van der Waals surface area contributed by atoms with E-state index < -0.39 is 11.7 Å². The largest absolute Gasteiger partial charge is 0.418 e. The summed E-state index contributed by atoms with van der Waals surface area (Å²) in [6.07, 6.45) is 1.51. The molecule has 0 unspecified atom stereocenters. The molecule has 4 fully saturated rings. The Labute approximate surface area is 193 Å². The van der Waals surface area contributed by atoms with Crippen molar-refractivity contribution in [2.75, 3.05) is 32.8 Å². The summed E-state index contributed by atoms with van der Waals surface area (Å²) < 4.78 is 45.2. The highest BCUT2D eigenvalue weighted by molar-refractivity contribution is 5.81. The van der Waals surface area contributed by atoms with Crippen LogP contribution >= 0.6 is 0 Å². The quantitative estimate of drug-likeness (QED) is 0.696. The molecule has 3 saturated heterocycles. The van der Waals surface area contributed by atoms with Gasteiger partial charge in [-0.05, 0) is 43.2 Å². The molecule has 5 heterocycles. The molecule has 4 aliphatic rings. The topological polar surface area (TPSA) is 90.6 Å². The highest BCUT2D eigenvalue weighted by atomic mass is 19.4. The molecule has 1 saturated carbocycles. The number of amides is 3. The summed E-state index contributed by atoms with van der Waals surface area (Å²) in [5.74, 6) is 0.245. The number of carbonyl (C=O) groups excluding carboxylic acids is 2. The van der Waals surface area contributed by atoms with Crippen LogP contribution in [0.3, 0.4) is 0 Å². The SMILES string of the molecule is O=C1CO[C@H]2CCN(C(=O)N3CC4(CC(Cc5cnc6[nH]cc(C(F)(F)F)c6c5)C4)C3)C[C@H]2N1.